The number of fused-ring (bicyclic) bond motifs is 1. The van der Waals surface area contributed by atoms with E-state index in [1.165, 1.54) is 16.3 Å². The van der Waals surface area contributed by atoms with Crippen molar-refractivity contribution in [2.45, 2.75) is 18.2 Å². The third-order valence-corrected chi connectivity index (χ3v) is 4.32. The van der Waals surface area contributed by atoms with Gasteiger partial charge in [-0.25, -0.2) is 0 Å². The van der Waals surface area contributed by atoms with E-state index in [0.29, 0.717) is 0 Å². The molecular formula is C17H15BrO. The van der Waals surface area contributed by atoms with Crippen molar-refractivity contribution in [2.24, 2.45) is 0 Å². The molecule has 1 aromatic heterocycles. The second-order valence-corrected chi connectivity index (χ2v) is 5.50. The Balaban J connectivity index is 2.08. The van der Waals surface area contributed by atoms with Crippen LogP contribution in [0, 0.1) is 0 Å². The Labute approximate surface area is 121 Å². The highest BCUT2D eigenvalue weighted by Gasteiger charge is 2.16. The smallest absolute Gasteiger partial charge is 0.122 e. The number of hydrogen-bond donors (Lipinski definition) is 0. The molecule has 0 aliphatic carbocycles. The highest BCUT2D eigenvalue weighted by atomic mass is 79.9. The van der Waals surface area contributed by atoms with Gasteiger partial charge in [0, 0.05) is 6.42 Å². The van der Waals surface area contributed by atoms with E-state index in [-0.39, 0.29) is 4.83 Å². The van der Waals surface area contributed by atoms with Gasteiger partial charge in [0.2, 0.25) is 0 Å². The molecule has 0 N–H and O–H groups in total. The molecule has 0 amide bonds. The number of rotatable bonds is 3. The summed E-state index contributed by atoms with van der Waals surface area (Å²) in [4.78, 5) is 0.0962. The molecule has 2 aromatic carbocycles. The largest absolute Gasteiger partial charge is 0.465 e. The van der Waals surface area contributed by atoms with Gasteiger partial charge in [-0.05, 0) is 28.5 Å². The van der Waals surface area contributed by atoms with Gasteiger partial charge in [-0.1, -0.05) is 65.3 Å². The summed E-state index contributed by atoms with van der Waals surface area (Å²) < 4.78 is 5.85. The van der Waals surface area contributed by atoms with Crippen LogP contribution >= 0.6 is 15.9 Å². The predicted octanol–water partition coefficient (Wildman–Crippen LogP) is 5.48. The Bertz CT molecular complexity index is 694. The van der Waals surface area contributed by atoms with Crippen LogP contribution in [0.2, 0.25) is 0 Å². The molecule has 1 atom stereocenters. The fourth-order valence-corrected chi connectivity index (χ4v) is 2.99. The Kier molecular flexibility index (Phi) is 3.43. The molecule has 0 aliphatic heterocycles. The minimum Gasteiger partial charge on any atom is -0.465 e. The molecule has 3 rings (SSSR count). The zero-order valence-electron chi connectivity index (χ0n) is 10.8. The summed E-state index contributed by atoms with van der Waals surface area (Å²) in [5.74, 6) is 1.99. The van der Waals surface area contributed by atoms with Gasteiger partial charge >= 0.3 is 0 Å². The SMILES string of the molecule is CCc1ccc(C(Br)c2cccc3ccccc23)o1. The second kappa shape index (κ2) is 5.22. The van der Waals surface area contributed by atoms with Crippen molar-refractivity contribution in [1.29, 1.82) is 0 Å². The third kappa shape index (κ3) is 2.33. The lowest BCUT2D eigenvalue weighted by atomic mass is 10.0. The van der Waals surface area contributed by atoms with Crippen molar-refractivity contribution in [3.63, 3.8) is 0 Å². The minimum atomic E-state index is 0.0962. The first-order valence-corrected chi connectivity index (χ1v) is 7.41. The molecule has 1 unspecified atom stereocenters. The van der Waals surface area contributed by atoms with Crippen molar-refractivity contribution in [3.05, 3.63) is 71.7 Å². The van der Waals surface area contributed by atoms with Gasteiger partial charge < -0.3 is 4.42 Å². The van der Waals surface area contributed by atoms with Crippen LogP contribution in [0.4, 0.5) is 0 Å². The average molecular weight is 315 g/mol. The molecule has 0 aliphatic rings. The van der Waals surface area contributed by atoms with Crippen LogP contribution in [0.25, 0.3) is 10.8 Å². The average Bonchev–Trinajstić information content (AvgIpc) is 2.95. The Morgan fingerprint density at radius 2 is 1.79 bits per heavy atom. The molecule has 0 saturated carbocycles. The summed E-state index contributed by atoms with van der Waals surface area (Å²) in [7, 11) is 0. The molecule has 0 saturated heterocycles. The lowest BCUT2D eigenvalue weighted by Gasteiger charge is -2.11. The molecule has 1 nitrogen and oxygen atoms in total. The maximum atomic E-state index is 5.85. The number of hydrogen-bond acceptors (Lipinski definition) is 1. The Morgan fingerprint density at radius 3 is 2.58 bits per heavy atom. The first-order valence-electron chi connectivity index (χ1n) is 6.50. The summed E-state index contributed by atoms with van der Waals surface area (Å²) in [6.45, 7) is 2.10. The van der Waals surface area contributed by atoms with E-state index >= 15 is 0 Å². The molecule has 0 fully saturated rings. The Morgan fingerprint density at radius 1 is 1.00 bits per heavy atom. The van der Waals surface area contributed by atoms with E-state index in [1.807, 2.05) is 0 Å². The lowest BCUT2D eigenvalue weighted by Crippen LogP contribution is -1.92. The number of benzene rings is 2. The van der Waals surface area contributed by atoms with Gasteiger partial charge in [0.1, 0.15) is 11.5 Å². The molecular weight excluding hydrogens is 300 g/mol. The van der Waals surface area contributed by atoms with E-state index in [9.17, 15) is 0 Å². The normalized spacial score (nSPS) is 12.7. The van der Waals surface area contributed by atoms with E-state index in [1.54, 1.807) is 0 Å². The van der Waals surface area contributed by atoms with Crippen LogP contribution in [-0.2, 0) is 6.42 Å². The summed E-state index contributed by atoms with van der Waals surface area (Å²) in [6, 6.07) is 18.9. The predicted molar refractivity (Wildman–Crippen MR) is 82.8 cm³/mol. The van der Waals surface area contributed by atoms with Gasteiger partial charge in [-0.2, -0.15) is 0 Å². The summed E-state index contributed by atoms with van der Waals surface area (Å²) in [5, 5.41) is 2.52. The number of aryl methyl sites for hydroxylation is 1. The van der Waals surface area contributed by atoms with Crippen LogP contribution in [0.15, 0.2) is 59.0 Å². The molecule has 2 heteroatoms. The van der Waals surface area contributed by atoms with Crippen molar-refractivity contribution < 1.29 is 4.42 Å². The van der Waals surface area contributed by atoms with Crippen LogP contribution < -0.4 is 0 Å². The van der Waals surface area contributed by atoms with Crippen LogP contribution in [-0.4, -0.2) is 0 Å². The fourth-order valence-electron chi connectivity index (χ4n) is 2.35. The quantitative estimate of drug-likeness (QED) is 0.583. The van der Waals surface area contributed by atoms with Crippen molar-refractivity contribution in [3.8, 4) is 0 Å². The topological polar surface area (TPSA) is 13.1 Å². The zero-order chi connectivity index (χ0) is 13.2. The van der Waals surface area contributed by atoms with Crippen LogP contribution in [0.5, 0.6) is 0 Å². The standard InChI is InChI=1S/C17H15BrO/c1-2-13-10-11-16(19-13)17(18)15-9-5-7-12-6-3-4-8-14(12)15/h3-11,17H,2H2,1H3. The first kappa shape index (κ1) is 12.5. The number of alkyl halides is 1. The maximum Gasteiger partial charge on any atom is 0.122 e. The molecule has 96 valence electrons. The highest BCUT2D eigenvalue weighted by molar-refractivity contribution is 9.09. The highest BCUT2D eigenvalue weighted by Crippen LogP contribution is 2.36. The maximum absolute atomic E-state index is 5.85. The van der Waals surface area contributed by atoms with E-state index < -0.39 is 0 Å². The summed E-state index contributed by atoms with van der Waals surface area (Å²) in [6.07, 6.45) is 0.926. The summed E-state index contributed by atoms with van der Waals surface area (Å²) in [5.41, 5.74) is 1.25. The molecule has 1 heterocycles. The zero-order valence-corrected chi connectivity index (χ0v) is 12.4. The molecule has 0 spiro atoms. The minimum absolute atomic E-state index is 0.0962. The van der Waals surface area contributed by atoms with Gasteiger partial charge in [-0.15, -0.1) is 0 Å². The van der Waals surface area contributed by atoms with Gasteiger partial charge in [0.05, 0.1) is 4.83 Å². The van der Waals surface area contributed by atoms with Gasteiger partial charge in [-0.3, -0.25) is 0 Å². The molecule has 0 bridgehead atoms. The third-order valence-electron chi connectivity index (χ3n) is 3.38. The van der Waals surface area contributed by atoms with E-state index in [0.717, 1.165) is 17.9 Å². The van der Waals surface area contributed by atoms with Crippen molar-refractivity contribution in [1.82, 2.24) is 0 Å². The molecule has 19 heavy (non-hydrogen) atoms. The Hall–Kier alpha value is -1.54. The van der Waals surface area contributed by atoms with E-state index in [4.69, 9.17) is 4.42 Å². The van der Waals surface area contributed by atoms with Crippen molar-refractivity contribution in [2.75, 3.05) is 0 Å². The number of halogens is 1. The van der Waals surface area contributed by atoms with E-state index in [2.05, 4.69) is 77.5 Å². The van der Waals surface area contributed by atoms with Gasteiger partial charge in [0.25, 0.3) is 0 Å². The fraction of sp³-hybridized carbons (Fsp3) is 0.176. The first-order chi connectivity index (χ1) is 9.29. The molecule has 0 radical (unpaired) electrons. The second-order valence-electron chi connectivity index (χ2n) is 4.59. The molecule has 3 aromatic rings. The van der Waals surface area contributed by atoms with Crippen LogP contribution in [0.1, 0.15) is 28.8 Å². The van der Waals surface area contributed by atoms with Gasteiger partial charge in [0.15, 0.2) is 0 Å². The number of furan rings is 1. The summed E-state index contributed by atoms with van der Waals surface area (Å²) >= 11 is 3.76. The van der Waals surface area contributed by atoms with Crippen molar-refractivity contribution >= 4 is 26.7 Å². The monoisotopic (exact) mass is 314 g/mol. The van der Waals surface area contributed by atoms with Crippen LogP contribution in [0.3, 0.4) is 0 Å². The lowest BCUT2D eigenvalue weighted by molar-refractivity contribution is 0.477.